The number of nitrogens with zero attached hydrogens (tertiary/aromatic N) is 3. The summed E-state index contributed by atoms with van der Waals surface area (Å²) in [7, 11) is 0. The van der Waals surface area contributed by atoms with Crippen molar-refractivity contribution in [3.63, 3.8) is 0 Å². The molecule has 0 bridgehead atoms. The molecule has 0 saturated carbocycles. The summed E-state index contributed by atoms with van der Waals surface area (Å²) in [5, 5.41) is 7.82. The van der Waals surface area contributed by atoms with Crippen molar-refractivity contribution >= 4 is 33.4 Å². The first kappa shape index (κ1) is 38.4. The largest absolute Gasteiger partial charge is 0.309 e. The second-order valence-electron chi connectivity index (χ2n) is 17.5. The van der Waals surface area contributed by atoms with Crippen molar-refractivity contribution in [3.05, 3.63) is 248 Å². The Morgan fingerprint density at radius 1 is 0.400 bits per heavy atom. The van der Waals surface area contributed by atoms with Gasteiger partial charge in [0, 0.05) is 44.3 Å². The molecule has 308 valence electrons. The van der Waals surface area contributed by atoms with E-state index in [1.807, 2.05) is 0 Å². The lowest BCUT2D eigenvalue weighted by Crippen LogP contribution is -2.16. The van der Waals surface area contributed by atoms with E-state index in [0.717, 1.165) is 72.6 Å². The van der Waals surface area contributed by atoms with E-state index in [4.69, 9.17) is 5.10 Å². The minimum Gasteiger partial charge on any atom is -0.309 e. The molecule has 0 spiro atoms. The van der Waals surface area contributed by atoms with Crippen LogP contribution in [0.25, 0.3) is 83.3 Å². The van der Waals surface area contributed by atoms with Crippen molar-refractivity contribution in [2.75, 3.05) is 4.90 Å². The topological polar surface area (TPSA) is 20.5 Å². The quantitative estimate of drug-likeness (QED) is 0.152. The third kappa shape index (κ3) is 6.31. The zero-order valence-corrected chi connectivity index (χ0v) is 36.4. The normalized spacial score (nSPS) is 12.6. The maximum absolute atomic E-state index is 5.56. The van der Waals surface area contributed by atoms with Gasteiger partial charge in [0.15, 0.2) is 0 Å². The fraction of sp³-hybridized carbons (Fsp3) is 0.0484. The molecule has 2 heterocycles. The fourth-order valence-corrected chi connectivity index (χ4v) is 10.4. The number of aromatic nitrogens is 2. The van der Waals surface area contributed by atoms with Crippen LogP contribution in [-0.2, 0) is 5.41 Å². The van der Waals surface area contributed by atoms with E-state index in [9.17, 15) is 0 Å². The number of fused-ring (bicyclic) bond motifs is 6. The van der Waals surface area contributed by atoms with Crippen molar-refractivity contribution < 1.29 is 0 Å². The minimum absolute atomic E-state index is 0.174. The summed E-state index contributed by atoms with van der Waals surface area (Å²) in [4.78, 5) is 2.52. The first-order chi connectivity index (χ1) is 32.0. The Labute approximate surface area is 380 Å². The monoisotopic (exact) mass is 831 g/mol. The van der Waals surface area contributed by atoms with Crippen molar-refractivity contribution in [3.8, 4) is 67.0 Å². The molecule has 0 unspecified atom stereocenters. The van der Waals surface area contributed by atoms with Gasteiger partial charge in [-0.2, -0.15) is 5.10 Å². The molecule has 1 aliphatic carbocycles. The van der Waals surface area contributed by atoms with E-state index >= 15 is 0 Å². The zero-order valence-electron chi connectivity index (χ0n) is 36.4. The zero-order chi connectivity index (χ0) is 43.5. The number of hydrogen-bond donors (Lipinski definition) is 0. The lowest BCUT2D eigenvalue weighted by Gasteiger charge is -2.31. The third-order valence-corrected chi connectivity index (χ3v) is 13.4. The molecule has 11 aromatic rings. The smallest absolute Gasteiger partial charge is 0.101 e. The van der Waals surface area contributed by atoms with Gasteiger partial charge in [0.05, 0.1) is 22.6 Å². The van der Waals surface area contributed by atoms with Gasteiger partial charge in [0.25, 0.3) is 0 Å². The molecule has 2 aromatic heterocycles. The van der Waals surface area contributed by atoms with Crippen LogP contribution in [0, 0.1) is 0 Å². The van der Waals surface area contributed by atoms with Crippen molar-refractivity contribution in [2.24, 2.45) is 0 Å². The molecule has 3 nitrogen and oxygen atoms in total. The van der Waals surface area contributed by atoms with Crippen LogP contribution in [0.4, 0.5) is 17.1 Å². The second kappa shape index (κ2) is 15.5. The van der Waals surface area contributed by atoms with Crippen molar-refractivity contribution in [1.82, 2.24) is 9.61 Å². The molecule has 3 heteroatoms. The molecule has 0 fully saturated rings. The van der Waals surface area contributed by atoms with Gasteiger partial charge in [-0.25, -0.2) is 4.52 Å². The molecule has 0 amide bonds. The molecule has 1 aliphatic rings. The van der Waals surface area contributed by atoms with Crippen LogP contribution in [0.3, 0.4) is 0 Å². The van der Waals surface area contributed by atoms with Gasteiger partial charge >= 0.3 is 0 Å². The molecule has 0 saturated heterocycles. The van der Waals surface area contributed by atoms with E-state index < -0.39 is 0 Å². The highest BCUT2D eigenvalue weighted by molar-refractivity contribution is 6.11. The maximum Gasteiger partial charge on any atom is 0.101 e. The SMILES string of the molecule is CC1(C)c2ccccc2-c2c(N(c3ccc4cc(-c5ccccc5)n5nc(-c6ccccc6)c(-c6ccccc6)c5c4c3)c3ccccc3-c3ccccc3-c3ccccc3)cccc21. The Bertz CT molecular complexity index is 3550. The van der Waals surface area contributed by atoms with Gasteiger partial charge in [-0.3, -0.25) is 0 Å². The number of para-hydroxylation sites is 1. The Balaban J connectivity index is 1.19. The summed E-state index contributed by atoms with van der Waals surface area (Å²) < 4.78 is 2.19. The second-order valence-corrected chi connectivity index (χ2v) is 17.5. The highest BCUT2D eigenvalue weighted by Crippen LogP contribution is 2.55. The molecule has 12 rings (SSSR count). The van der Waals surface area contributed by atoms with Gasteiger partial charge in [0.1, 0.15) is 5.69 Å². The standard InChI is InChI=1S/C62H45N3/c1-62(2)53-34-19-17-33-51(53)59-54(62)35-21-37-56(59)64(55-36-20-18-32-50(55)49-31-16-15-30-48(49)42-22-7-3-8-23-42)47-39-38-46-40-57(43-24-9-4-10-25-43)65-61(52(46)41-47)58(44-26-11-5-12-27-44)60(63-65)45-28-13-6-14-29-45/h3-41H,1-2H3. The van der Waals surface area contributed by atoms with Crippen LogP contribution in [0.5, 0.6) is 0 Å². The van der Waals surface area contributed by atoms with Gasteiger partial charge in [-0.05, 0) is 74.7 Å². The van der Waals surface area contributed by atoms with Crippen LogP contribution >= 0.6 is 0 Å². The summed E-state index contributed by atoms with van der Waals surface area (Å²) in [5.74, 6) is 0. The average Bonchev–Trinajstić information content (AvgIpc) is 3.89. The maximum atomic E-state index is 5.56. The Kier molecular flexibility index (Phi) is 9.17. The minimum atomic E-state index is -0.174. The molecular formula is C62H45N3. The number of hydrogen-bond acceptors (Lipinski definition) is 2. The van der Waals surface area contributed by atoms with Crippen molar-refractivity contribution in [1.29, 1.82) is 0 Å². The highest BCUT2D eigenvalue weighted by Gasteiger charge is 2.38. The van der Waals surface area contributed by atoms with Crippen LogP contribution in [0.1, 0.15) is 25.0 Å². The van der Waals surface area contributed by atoms with E-state index in [-0.39, 0.29) is 5.41 Å². The Morgan fingerprint density at radius 2 is 0.938 bits per heavy atom. The third-order valence-electron chi connectivity index (χ3n) is 13.4. The molecule has 65 heavy (non-hydrogen) atoms. The first-order valence-electron chi connectivity index (χ1n) is 22.5. The molecule has 0 N–H and O–H groups in total. The van der Waals surface area contributed by atoms with Crippen molar-refractivity contribution in [2.45, 2.75) is 19.3 Å². The summed E-state index contributed by atoms with van der Waals surface area (Å²) >= 11 is 0. The van der Waals surface area contributed by atoms with Gasteiger partial charge in [0.2, 0.25) is 0 Å². The summed E-state index contributed by atoms with van der Waals surface area (Å²) in [6.07, 6.45) is 0. The van der Waals surface area contributed by atoms with Gasteiger partial charge < -0.3 is 4.90 Å². The molecule has 0 aliphatic heterocycles. The lowest BCUT2D eigenvalue weighted by molar-refractivity contribution is 0.660. The molecule has 9 aromatic carbocycles. The Morgan fingerprint density at radius 3 is 1.65 bits per heavy atom. The summed E-state index contributed by atoms with van der Waals surface area (Å²) in [6, 6.07) is 85.8. The molecule has 0 atom stereocenters. The average molecular weight is 832 g/mol. The van der Waals surface area contributed by atoms with Crippen LogP contribution in [-0.4, -0.2) is 9.61 Å². The highest BCUT2D eigenvalue weighted by atomic mass is 15.2. The lowest BCUT2D eigenvalue weighted by atomic mass is 9.82. The predicted octanol–water partition coefficient (Wildman–Crippen LogP) is 16.6. The number of rotatable bonds is 8. The van der Waals surface area contributed by atoms with Gasteiger partial charge in [-0.1, -0.05) is 220 Å². The molecule has 0 radical (unpaired) electrons. The van der Waals surface area contributed by atoms with Crippen LogP contribution in [0.2, 0.25) is 0 Å². The van der Waals surface area contributed by atoms with E-state index in [2.05, 4.69) is 260 Å². The summed E-state index contributed by atoms with van der Waals surface area (Å²) in [6.45, 7) is 4.73. The fourth-order valence-electron chi connectivity index (χ4n) is 10.4. The Hall–Kier alpha value is -8.27. The first-order valence-corrected chi connectivity index (χ1v) is 22.5. The number of pyridine rings is 1. The van der Waals surface area contributed by atoms with Gasteiger partial charge in [-0.15, -0.1) is 0 Å². The van der Waals surface area contributed by atoms with E-state index in [1.54, 1.807) is 0 Å². The van der Waals surface area contributed by atoms with Crippen LogP contribution in [0.15, 0.2) is 237 Å². The van der Waals surface area contributed by atoms with E-state index in [1.165, 1.54) is 38.9 Å². The number of anilines is 3. The molecular weight excluding hydrogens is 787 g/mol. The van der Waals surface area contributed by atoms with E-state index in [0.29, 0.717) is 0 Å². The number of benzene rings is 9. The predicted molar refractivity (Wildman–Crippen MR) is 272 cm³/mol. The van der Waals surface area contributed by atoms with Crippen LogP contribution < -0.4 is 4.90 Å². The summed E-state index contributed by atoms with van der Waals surface area (Å²) in [5.41, 5.74) is 20.5.